The largest absolute Gasteiger partial charge is 0.300 e. The van der Waals surface area contributed by atoms with Gasteiger partial charge in [0, 0.05) is 10.8 Å². The van der Waals surface area contributed by atoms with Crippen LogP contribution in [-0.2, 0) is 4.79 Å². The molecule has 3 rings (SSSR count). The second-order valence-corrected chi connectivity index (χ2v) is 6.93. The number of thioether (sulfide) groups is 1. The van der Waals surface area contributed by atoms with E-state index in [0.29, 0.717) is 16.8 Å². The van der Waals surface area contributed by atoms with Gasteiger partial charge in [-0.05, 0) is 31.9 Å². The maximum Gasteiger partial charge on any atom is 0.236 e. The molecule has 1 saturated carbocycles. The van der Waals surface area contributed by atoms with E-state index in [-0.39, 0.29) is 5.91 Å². The molecule has 104 valence electrons. The fourth-order valence-corrected chi connectivity index (χ4v) is 3.35. The molecule has 0 bridgehead atoms. The molecule has 1 fully saturated rings. The van der Waals surface area contributed by atoms with Gasteiger partial charge >= 0.3 is 0 Å². The van der Waals surface area contributed by atoms with Gasteiger partial charge in [-0.15, -0.1) is 22.0 Å². The molecule has 0 atom stereocenters. The van der Waals surface area contributed by atoms with E-state index in [0.717, 1.165) is 9.90 Å². The summed E-state index contributed by atoms with van der Waals surface area (Å²) in [6, 6.07) is 8.16. The van der Waals surface area contributed by atoms with Crippen LogP contribution < -0.4 is 5.32 Å². The van der Waals surface area contributed by atoms with Gasteiger partial charge in [-0.3, -0.25) is 10.1 Å². The van der Waals surface area contributed by atoms with Gasteiger partial charge in [0.05, 0.1) is 5.75 Å². The topological polar surface area (TPSA) is 54.9 Å². The van der Waals surface area contributed by atoms with Crippen molar-refractivity contribution in [3.05, 3.63) is 34.8 Å². The second-order valence-electron chi connectivity index (χ2n) is 4.87. The van der Waals surface area contributed by atoms with Crippen molar-refractivity contribution in [3.63, 3.8) is 0 Å². The van der Waals surface area contributed by atoms with Crippen LogP contribution in [0.3, 0.4) is 0 Å². The summed E-state index contributed by atoms with van der Waals surface area (Å²) in [6.45, 7) is 2.05. The summed E-state index contributed by atoms with van der Waals surface area (Å²) in [5.74, 6) is 0.940. The number of nitrogens with zero attached hydrogens (tertiary/aromatic N) is 2. The molecule has 0 saturated heterocycles. The first-order chi connectivity index (χ1) is 9.70. The third-order valence-corrected chi connectivity index (χ3v) is 5.02. The van der Waals surface area contributed by atoms with Crippen LogP contribution in [0.15, 0.2) is 29.2 Å². The number of carbonyl (C=O) groups is 1. The van der Waals surface area contributed by atoms with E-state index in [4.69, 9.17) is 0 Å². The normalized spacial score (nSPS) is 14.2. The third kappa shape index (κ3) is 3.58. The lowest BCUT2D eigenvalue weighted by molar-refractivity contribution is -0.113. The molecule has 1 aromatic heterocycles. The number of aryl methyl sites for hydroxylation is 1. The zero-order chi connectivity index (χ0) is 13.9. The number of anilines is 1. The Morgan fingerprint density at radius 3 is 2.80 bits per heavy atom. The van der Waals surface area contributed by atoms with E-state index in [1.54, 1.807) is 0 Å². The summed E-state index contributed by atoms with van der Waals surface area (Å²) in [5, 5.41) is 12.6. The number of rotatable bonds is 5. The van der Waals surface area contributed by atoms with Crippen molar-refractivity contribution in [2.45, 2.75) is 30.6 Å². The predicted molar refractivity (Wildman–Crippen MR) is 82.4 cm³/mol. The predicted octanol–water partition coefficient (Wildman–Crippen LogP) is 3.45. The first kappa shape index (κ1) is 13.6. The Kier molecular flexibility index (Phi) is 4.03. The summed E-state index contributed by atoms with van der Waals surface area (Å²) >= 11 is 3.02. The molecule has 0 aliphatic heterocycles. The fourth-order valence-electron chi connectivity index (χ4n) is 1.72. The van der Waals surface area contributed by atoms with Gasteiger partial charge in [0.1, 0.15) is 5.01 Å². The van der Waals surface area contributed by atoms with Crippen LogP contribution in [-0.4, -0.2) is 21.9 Å². The van der Waals surface area contributed by atoms with Crippen LogP contribution in [0.4, 0.5) is 5.13 Å². The van der Waals surface area contributed by atoms with Crippen molar-refractivity contribution in [1.29, 1.82) is 0 Å². The molecular formula is C14H15N3OS2. The molecule has 1 aromatic carbocycles. The van der Waals surface area contributed by atoms with E-state index in [2.05, 4.69) is 15.5 Å². The zero-order valence-corrected chi connectivity index (χ0v) is 12.8. The Balaban J connectivity index is 1.49. The molecule has 4 nitrogen and oxygen atoms in total. The van der Waals surface area contributed by atoms with Crippen LogP contribution in [0.25, 0.3) is 0 Å². The smallest absolute Gasteiger partial charge is 0.236 e. The lowest BCUT2D eigenvalue weighted by Gasteiger charge is -2.02. The Morgan fingerprint density at radius 2 is 2.10 bits per heavy atom. The highest BCUT2D eigenvalue weighted by molar-refractivity contribution is 8.00. The Bertz CT molecular complexity index is 605. The van der Waals surface area contributed by atoms with Crippen molar-refractivity contribution >= 4 is 34.1 Å². The van der Waals surface area contributed by atoms with Crippen LogP contribution >= 0.6 is 23.1 Å². The van der Waals surface area contributed by atoms with Crippen molar-refractivity contribution in [2.75, 3.05) is 11.1 Å². The molecule has 1 aliphatic rings. The van der Waals surface area contributed by atoms with Crippen molar-refractivity contribution in [3.8, 4) is 0 Å². The average Bonchev–Trinajstić information content (AvgIpc) is 3.19. The quantitative estimate of drug-likeness (QED) is 0.860. The summed E-state index contributed by atoms with van der Waals surface area (Å²) in [6.07, 6.45) is 2.40. The molecular weight excluding hydrogens is 290 g/mol. The van der Waals surface area contributed by atoms with Crippen LogP contribution in [0.2, 0.25) is 0 Å². The maximum atomic E-state index is 11.9. The molecule has 6 heteroatoms. The van der Waals surface area contributed by atoms with E-state index in [9.17, 15) is 4.79 Å². The Hall–Kier alpha value is -1.40. The number of nitrogens with one attached hydrogen (secondary N) is 1. The maximum absolute atomic E-state index is 11.9. The fraction of sp³-hybridized carbons (Fsp3) is 0.357. The highest BCUT2D eigenvalue weighted by atomic mass is 32.2. The monoisotopic (exact) mass is 305 g/mol. The minimum Gasteiger partial charge on any atom is -0.300 e. The molecule has 2 aromatic rings. The molecule has 1 heterocycles. The highest BCUT2D eigenvalue weighted by Crippen LogP contribution is 2.42. The van der Waals surface area contributed by atoms with E-state index < -0.39 is 0 Å². The molecule has 0 radical (unpaired) electrons. The summed E-state index contributed by atoms with van der Waals surface area (Å²) < 4.78 is 0. The van der Waals surface area contributed by atoms with Gasteiger partial charge in [-0.25, -0.2) is 0 Å². The summed E-state index contributed by atoms with van der Waals surface area (Å²) in [5.41, 5.74) is 1.22. The van der Waals surface area contributed by atoms with Gasteiger partial charge < -0.3 is 0 Å². The Labute approximate surface area is 126 Å². The van der Waals surface area contributed by atoms with E-state index in [1.807, 2.05) is 31.2 Å². The number of benzene rings is 1. The van der Waals surface area contributed by atoms with Gasteiger partial charge in [0.15, 0.2) is 0 Å². The minimum absolute atomic E-state index is 0.0333. The van der Waals surface area contributed by atoms with E-state index in [1.165, 1.54) is 41.5 Å². The summed E-state index contributed by atoms with van der Waals surface area (Å²) in [4.78, 5) is 13.0. The zero-order valence-electron chi connectivity index (χ0n) is 11.1. The number of aromatic nitrogens is 2. The Morgan fingerprint density at radius 1 is 1.35 bits per heavy atom. The van der Waals surface area contributed by atoms with Gasteiger partial charge in [0.2, 0.25) is 11.0 Å². The third-order valence-electron chi connectivity index (χ3n) is 3.00. The van der Waals surface area contributed by atoms with Crippen molar-refractivity contribution in [1.82, 2.24) is 10.2 Å². The first-order valence-electron chi connectivity index (χ1n) is 6.53. The van der Waals surface area contributed by atoms with Gasteiger partial charge in [0.25, 0.3) is 0 Å². The number of carbonyl (C=O) groups excluding carboxylic acids is 1. The number of hydrogen-bond acceptors (Lipinski definition) is 5. The van der Waals surface area contributed by atoms with Crippen LogP contribution in [0.5, 0.6) is 0 Å². The van der Waals surface area contributed by atoms with Gasteiger partial charge in [-0.1, -0.05) is 29.0 Å². The van der Waals surface area contributed by atoms with Gasteiger partial charge in [-0.2, -0.15) is 0 Å². The van der Waals surface area contributed by atoms with Crippen molar-refractivity contribution < 1.29 is 4.79 Å². The SMILES string of the molecule is Cc1ccc(SCC(=O)Nc2nnc(C3CC3)s2)cc1. The lowest BCUT2D eigenvalue weighted by atomic mass is 10.2. The van der Waals surface area contributed by atoms with E-state index >= 15 is 0 Å². The molecule has 0 unspecified atom stereocenters. The highest BCUT2D eigenvalue weighted by Gasteiger charge is 2.27. The molecule has 20 heavy (non-hydrogen) atoms. The second kappa shape index (κ2) is 5.93. The average molecular weight is 305 g/mol. The lowest BCUT2D eigenvalue weighted by Crippen LogP contribution is -2.13. The molecule has 0 spiro atoms. The molecule has 1 amide bonds. The number of hydrogen-bond donors (Lipinski definition) is 1. The summed E-state index contributed by atoms with van der Waals surface area (Å²) in [7, 11) is 0. The number of amides is 1. The standard InChI is InChI=1S/C14H15N3OS2/c1-9-2-6-11(7-3-9)19-8-12(18)15-14-17-16-13(20-14)10-4-5-10/h2-3,6-7,10H,4-5,8H2,1H3,(H,15,17,18). The molecule has 1 aliphatic carbocycles. The minimum atomic E-state index is -0.0333. The van der Waals surface area contributed by atoms with Crippen LogP contribution in [0.1, 0.15) is 29.3 Å². The van der Waals surface area contributed by atoms with Crippen molar-refractivity contribution in [2.24, 2.45) is 0 Å². The molecule has 1 N–H and O–H groups in total. The van der Waals surface area contributed by atoms with Crippen LogP contribution in [0, 0.1) is 6.92 Å². The first-order valence-corrected chi connectivity index (χ1v) is 8.33.